The van der Waals surface area contributed by atoms with E-state index < -0.39 is 11.6 Å². The van der Waals surface area contributed by atoms with Gasteiger partial charge in [-0.2, -0.15) is 0 Å². The van der Waals surface area contributed by atoms with Gasteiger partial charge in [-0.3, -0.25) is 4.79 Å². The van der Waals surface area contributed by atoms with Crippen LogP contribution in [0.5, 0.6) is 0 Å². The van der Waals surface area contributed by atoms with Crippen LogP contribution in [0.3, 0.4) is 0 Å². The smallest absolute Gasteiger partial charge is 0.353 e. The first kappa shape index (κ1) is 19.6. The molecule has 1 amide bonds. The fraction of sp³-hybridized carbons (Fsp3) is 0.208. The van der Waals surface area contributed by atoms with Gasteiger partial charge in [0, 0.05) is 18.4 Å². The highest BCUT2D eigenvalue weighted by Gasteiger charge is 2.47. The van der Waals surface area contributed by atoms with Crippen LogP contribution in [0, 0.1) is 0 Å². The number of methoxy groups -OCH3 is 1. The van der Waals surface area contributed by atoms with E-state index in [9.17, 15) is 9.59 Å². The molecule has 1 aliphatic rings. The largest absolute Gasteiger partial charge is 0.466 e. The molecule has 6 nitrogen and oxygen atoms in total. The van der Waals surface area contributed by atoms with Crippen LogP contribution in [0.4, 0.5) is 0 Å². The van der Waals surface area contributed by atoms with Crippen molar-refractivity contribution in [1.29, 1.82) is 0 Å². The van der Waals surface area contributed by atoms with Crippen LogP contribution in [-0.4, -0.2) is 36.8 Å². The molecule has 152 valence electrons. The number of carbonyl (C=O) groups excluding carboxylic acids is 2. The summed E-state index contributed by atoms with van der Waals surface area (Å²) in [6.45, 7) is 0.190. The van der Waals surface area contributed by atoms with Crippen LogP contribution in [0.15, 0.2) is 78.0 Å². The lowest BCUT2D eigenvalue weighted by molar-refractivity contribution is -0.166. The van der Waals surface area contributed by atoms with E-state index in [1.807, 2.05) is 66.7 Å². The van der Waals surface area contributed by atoms with Crippen molar-refractivity contribution in [2.24, 2.45) is 5.16 Å². The molecule has 0 spiro atoms. The summed E-state index contributed by atoms with van der Waals surface area (Å²) < 4.78 is 4.98. The summed E-state index contributed by atoms with van der Waals surface area (Å²) in [5.74, 6) is -0.682. The average Bonchev–Trinajstić information content (AvgIpc) is 3.21. The maximum atomic E-state index is 12.8. The Kier molecular flexibility index (Phi) is 5.48. The molecule has 0 saturated carbocycles. The molecule has 1 heterocycles. The molecule has 3 aromatic carbocycles. The van der Waals surface area contributed by atoms with E-state index in [0.29, 0.717) is 17.7 Å². The van der Waals surface area contributed by atoms with Crippen molar-refractivity contribution < 1.29 is 19.2 Å². The Balaban J connectivity index is 1.45. The Hall–Kier alpha value is -3.67. The zero-order valence-corrected chi connectivity index (χ0v) is 16.6. The minimum absolute atomic E-state index is 0.190. The summed E-state index contributed by atoms with van der Waals surface area (Å²) in [7, 11) is 1.33. The summed E-state index contributed by atoms with van der Waals surface area (Å²) in [5, 5.41) is 8.86. The monoisotopic (exact) mass is 402 g/mol. The number of hydrogen-bond donors (Lipinski definition) is 1. The number of nitrogens with zero attached hydrogens (tertiary/aromatic N) is 1. The first-order valence-corrected chi connectivity index (χ1v) is 9.73. The van der Waals surface area contributed by atoms with E-state index in [4.69, 9.17) is 9.57 Å². The molecule has 3 aromatic rings. The van der Waals surface area contributed by atoms with Gasteiger partial charge in [0.25, 0.3) is 5.91 Å². The van der Waals surface area contributed by atoms with Gasteiger partial charge in [0.2, 0.25) is 5.60 Å². The van der Waals surface area contributed by atoms with Gasteiger partial charge in [-0.15, -0.1) is 0 Å². The highest BCUT2D eigenvalue weighted by atomic mass is 16.7. The van der Waals surface area contributed by atoms with Crippen molar-refractivity contribution in [3.05, 3.63) is 83.9 Å². The van der Waals surface area contributed by atoms with E-state index >= 15 is 0 Å². The van der Waals surface area contributed by atoms with Gasteiger partial charge in [-0.1, -0.05) is 71.9 Å². The second-order valence-corrected chi connectivity index (χ2v) is 7.28. The van der Waals surface area contributed by atoms with Gasteiger partial charge in [-0.25, -0.2) is 4.79 Å². The third-order valence-corrected chi connectivity index (χ3v) is 5.22. The van der Waals surface area contributed by atoms with Gasteiger partial charge in [0.05, 0.1) is 19.4 Å². The third-order valence-electron chi connectivity index (χ3n) is 5.22. The standard InChI is InChI=1S/C24H22N2O4/c1-29-23(28)24(14-17-8-3-2-4-9-17)15-19(26-30-24)16-25-22(27)21-13-7-11-18-10-5-6-12-20(18)21/h2-13H,14-16H2,1H3,(H,25,27). The summed E-state index contributed by atoms with van der Waals surface area (Å²) in [6, 6.07) is 22.9. The quantitative estimate of drug-likeness (QED) is 0.640. The van der Waals surface area contributed by atoms with Crippen molar-refractivity contribution in [2.45, 2.75) is 18.4 Å². The number of carbonyl (C=O) groups is 2. The van der Waals surface area contributed by atoms with Crippen LogP contribution in [0.2, 0.25) is 0 Å². The molecule has 4 rings (SSSR count). The number of amides is 1. The van der Waals surface area contributed by atoms with Crippen LogP contribution in [0.25, 0.3) is 10.8 Å². The van der Waals surface area contributed by atoms with Crippen LogP contribution in [-0.2, 0) is 20.8 Å². The van der Waals surface area contributed by atoms with Crippen molar-refractivity contribution in [2.75, 3.05) is 13.7 Å². The maximum Gasteiger partial charge on any atom is 0.353 e. The van der Waals surface area contributed by atoms with E-state index in [1.165, 1.54) is 7.11 Å². The predicted octanol–water partition coefficient (Wildman–Crippen LogP) is 3.50. The molecular weight excluding hydrogens is 380 g/mol. The predicted molar refractivity (Wildman–Crippen MR) is 114 cm³/mol. The molecule has 1 aliphatic heterocycles. The molecule has 0 aliphatic carbocycles. The number of fused-ring (bicyclic) bond motifs is 1. The van der Waals surface area contributed by atoms with Gasteiger partial charge in [-0.05, 0) is 22.4 Å². The molecule has 30 heavy (non-hydrogen) atoms. The number of nitrogens with one attached hydrogen (secondary N) is 1. The molecule has 0 radical (unpaired) electrons. The van der Waals surface area contributed by atoms with Crippen molar-refractivity contribution in [3.8, 4) is 0 Å². The fourth-order valence-electron chi connectivity index (χ4n) is 3.73. The molecule has 0 aromatic heterocycles. The van der Waals surface area contributed by atoms with E-state index in [1.54, 1.807) is 6.07 Å². The minimum Gasteiger partial charge on any atom is -0.466 e. The number of benzene rings is 3. The van der Waals surface area contributed by atoms with Gasteiger partial charge in [0.1, 0.15) is 0 Å². The van der Waals surface area contributed by atoms with Crippen molar-refractivity contribution in [3.63, 3.8) is 0 Å². The zero-order valence-electron chi connectivity index (χ0n) is 16.6. The van der Waals surface area contributed by atoms with Crippen LogP contribution >= 0.6 is 0 Å². The Labute approximate surface area is 174 Å². The Morgan fingerprint density at radius 1 is 1.03 bits per heavy atom. The van der Waals surface area contributed by atoms with E-state index in [0.717, 1.165) is 16.3 Å². The molecule has 0 fully saturated rings. The molecular formula is C24H22N2O4. The van der Waals surface area contributed by atoms with Gasteiger partial charge in [0.15, 0.2) is 0 Å². The molecule has 6 heteroatoms. The summed E-state index contributed by atoms with van der Waals surface area (Å²) >= 11 is 0. The van der Waals surface area contributed by atoms with Crippen LogP contribution < -0.4 is 5.32 Å². The van der Waals surface area contributed by atoms with E-state index in [-0.39, 0.29) is 18.9 Å². The maximum absolute atomic E-state index is 12.8. The summed E-state index contributed by atoms with van der Waals surface area (Å²) in [4.78, 5) is 30.8. The highest BCUT2D eigenvalue weighted by Crippen LogP contribution is 2.30. The third kappa shape index (κ3) is 3.89. The highest BCUT2D eigenvalue weighted by molar-refractivity contribution is 6.08. The van der Waals surface area contributed by atoms with Crippen molar-refractivity contribution in [1.82, 2.24) is 5.32 Å². The fourth-order valence-corrected chi connectivity index (χ4v) is 3.73. The van der Waals surface area contributed by atoms with Gasteiger partial charge < -0.3 is 14.9 Å². The second-order valence-electron chi connectivity index (χ2n) is 7.28. The molecule has 1 unspecified atom stereocenters. The van der Waals surface area contributed by atoms with Crippen molar-refractivity contribution >= 4 is 28.4 Å². The van der Waals surface area contributed by atoms with Crippen LogP contribution in [0.1, 0.15) is 22.3 Å². The Morgan fingerprint density at radius 2 is 1.77 bits per heavy atom. The zero-order chi connectivity index (χ0) is 21.0. The SMILES string of the molecule is COC(=O)C1(Cc2ccccc2)CC(CNC(=O)c2cccc3ccccc23)=NO1. The minimum atomic E-state index is -1.21. The lowest BCUT2D eigenvalue weighted by atomic mass is 9.89. The van der Waals surface area contributed by atoms with E-state index in [2.05, 4.69) is 10.5 Å². The number of hydrogen-bond acceptors (Lipinski definition) is 5. The Bertz CT molecular complexity index is 1110. The average molecular weight is 402 g/mol. The first-order valence-electron chi connectivity index (χ1n) is 9.73. The molecule has 0 bridgehead atoms. The molecule has 1 N–H and O–H groups in total. The number of rotatable bonds is 6. The number of esters is 1. The molecule has 1 atom stereocenters. The van der Waals surface area contributed by atoms with Gasteiger partial charge >= 0.3 is 5.97 Å². The second kappa shape index (κ2) is 8.37. The lowest BCUT2D eigenvalue weighted by Crippen LogP contribution is -2.43. The topological polar surface area (TPSA) is 77.0 Å². The Morgan fingerprint density at radius 3 is 2.57 bits per heavy atom. The number of ether oxygens (including phenoxy) is 1. The summed E-state index contributed by atoms with van der Waals surface area (Å²) in [6.07, 6.45) is 0.592. The first-order chi connectivity index (χ1) is 14.6. The molecule has 0 saturated heterocycles. The number of oxime groups is 1. The normalized spacial score (nSPS) is 17.8. The summed E-state index contributed by atoms with van der Waals surface area (Å²) in [5.41, 5.74) is 0.912. The lowest BCUT2D eigenvalue weighted by Gasteiger charge is -2.23.